The van der Waals surface area contributed by atoms with Crippen LogP contribution >= 0.6 is 0 Å². The molecule has 0 aliphatic carbocycles. The van der Waals surface area contributed by atoms with Crippen LogP contribution in [0.15, 0.2) is 74.1 Å². The van der Waals surface area contributed by atoms with Crippen molar-refractivity contribution in [2.45, 2.75) is 25.8 Å². The first-order valence-corrected chi connectivity index (χ1v) is 8.50. The largest absolute Gasteiger partial charge is 0.259 e. The molecule has 0 saturated carbocycles. The smallest absolute Gasteiger partial charge is 0.137 e. The van der Waals surface area contributed by atoms with Gasteiger partial charge >= 0.3 is 0 Å². The van der Waals surface area contributed by atoms with Crippen LogP contribution in [0.1, 0.15) is 18.3 Å². The lowest BCUT2D eigenvalue weighted by molar-refractivity contribution is 0.0457. The third-order valence-corrected chi connectivity index (χ3v) is 4.52. The Bertz CT molecular complexity index is 861. The summed E-state index contributed by atoms with van der Waals surface area (Å²) in [5, 5.41) is 8.53. The van der Waals surface area contributed by atoms with Gasteiger partial charge in [0.1, 0.15) is 30.8 Å². The molecule has 27 heavy (non-hydrogen) atoms. The Balaban J connectivity index is 1.82. The van der Waals surface area contributed by atoms with E-state index in [2.05, 4.69) is 42.0 Å². The molecule has 9 heteroatoms. The summed E-state index contributed by atoms with van der Waals surface area (Å²) >= 11 is 0. The second-order valence-corrected chi connectivity index (χ2v) is 6.19. The van der Waals surface area contributed by atoms with Gasteiger partial charge in [0.05, 0.1) is 24.7 Å². The molecule has 136 valence electrons. The highest BCUT2D eigenvalue weighted by Crippen LogP contribution is 2.34. The monoisotopic (exact) mass is 361 g/mol. The summed E-state index contributed by atoms with van der Waals surface area (Å²) in [5.41, 5.74) is 1.13. The van der Waals surface area contributed by atoms with Crippen molar-refractivity contribution >= 4 is 0 Å². The van der Waals surface area contributed by atoms with E-state index in [1.54, 1.807) is 34.4 Å². The summed E-state index contributed by atoms with van der Waals surface area (Å²) < 4.78 is 3.53. The minimum atomic E-state index is -0.625. The van der Waals surface area contributed by atoms with Gasteiger partial charge in [-0.05, 0) is 31.2 Å². The highest BCUT2D eigenvalue weighted by molar-refractivity contribution is 5.28. The van der Waals surface area contributed by atoms with Crippen LogP contribution in [-0.4, -0.2) is 44.4 Å². The molecule has 0 bridgehead atoms. The van der Waals surface area contributed by atoms with Gasteiger partial charge in [-0.15, -0.1) is 0 Å². The molecule has 4 heterocycles. The normalized spacial score (nSPS) is 11.8. The predicted octanol–water partition coefficient (Wildman–Crippen LogP) is 1.54. The molecular weight excluding hydrogens is 342 g/mol. The van der Waals surface area contributed by atoms with Gasteiger partial charge in [0, 0.05) is 12.4 Å². The highest BCUT2D eigenvalue weighted by Gasteiger charge is 2.39. The Hall–Kier alpha value is -3.46. The van der Waals surface area contributed by atoms with E-state index in [4.69, 9.17) is 0 Å². The van der Waals surface area contributed by atoms with E-state index in [-0.39, 0.29) is 0 Å². The molecule has 4 rings (SSSR count). The van der Waals surface area contributed by atoms with Gasteiger partial charge in [0.15, 0.2) is 0 Å². The van der Waals surface area contributed by atoms with E-state index in [1.165, 1.54) is 12.7 Å². The summed E-state index contributed by atoms with van der Waals surface area (Å²) in [5.74, 6) is 0. The van der Waals surface area contributed by atoms with E-state index >= 15 is 0 Å². The SMILES string of the molecule is CC(c1ccccn1)(c1ccccn1)N(Cn1cncn1)Cn1cncn1. The molecule has 4 aromatic rings. The minimum absolute atomic E-state index is 0.476. The molecule has 0 radical (unpaired) electrons. The minimum Gasteiger partial charge on any atom is -0.259 e. The zero-order valence-electron chi connectivity index (χ0n) is 14.9. The molecule has 4 aromatic heterocycles. The zero-order valence-corrected chi connectivity index (χ0v) is 14.9. The van der Waals surface area contributed by atoms with E-state index in [0.717, 1.165) is 11.4 Å². The Kier molecular flexibility index (Phi) is 4.67. The number of hydrogen-bond donors (Lipinski definition) is 0. The maximum atomic E-state index is 4.63. The number of rotatable bonds is 7. The van der Waals surface area contributed by atoms with Crippen LogP contribution in [0.5, 0.6) is 0 Å². The second-order valence-electron chi connectivity index (χ2n) is 6.19. The molecule has 0 aliphatic rings. The molecular formula is C18H19N9. The molecule has 0 unspecified atom stereocenters. The van der Waals surface area contributed by atoms with Gasteiger partial charge in [-0.25, -0.2) is 24.2 Å². The van der Waals surface area contributed by atoms with Gasteiger partial charge < -0.3 is 0 Å². The molecule has 0 saturated heterocycles. The highest BCUT2D eigenvalue weighted by atomic mass is 15.5. The molecule has 0 atom stereocenters. The van der Waals surface area contributed by atoms with Crippen molar-refractivity contribution < 1.29 is 0 Å². The summed E-state index contributed by atoms with van der Waals surface area (Å²) in [6.45, 7) is 3.05. The van der Waals surface area contributed by atoms with Crippen molar-refractivity contribution in [3.8, 4) is 0 Å². The van der Waals surface area contributed by atoms with Crippen LogP contribution < -0.4 is 0 Å². The topological polar surface area (TPSA) is 90.4 Å². The van der Waals surface area contributed by atoms with E-state index in [9.17, 15) is 0 Å². The number of pyridine rings is 2. The average Bonchev–Trinajstić information content (AvgIpc) is 3.42. The summed E-state index contributed by atoms with van der Waals surface area (Å²) in [4.78, 5) is 19.6. The number of nitrogens with zero attached hydrogens (tertiary/aromatic N) is 9. The predicted molar refractivity (Wildman–Crippen MR) is 96.8 cm³/mol. The maximum absolute atomic E-state index is 4.63. The van der Waals surface area contributed by atoms with Gasteiger partial charge in [0.2, 0.25) is 0 Å². The first kappa shape index (κ1) is 17.0. The third-order valence-electron chi connectivity index (χ3n) is 4.52. The average molecular weight is 361 g/mol. The van der Waals surface area contributed by atoms with Crippen molar-refractivity contribution in [2.24, 2.45) is 0 Å². The van der Waals surface area contributed by atoms with E-state index < -0.39 is 5.54 Å². The van der Waals surface area contributed by atoms with Gasteiger partial charge in [-0.3, -0.25) is 9.97 Å². The second kappa shape index (κ2) is 7.42. The summed E-state index contributed by atoms with van der Waals surface area (Å²) in [7, 11) is 0. The molecule has 0 aliphatic heterocycles. The fourth-order valence-electron chi connectivity index (χ4n) is 3.05. The Morgan fingerprint density at radius 1 is 0.815 bits per heavy atom. The quantitative estimate of drug-likeness (QED) is 0.493. The van der Waals surface area contributed by atoms with E-state index in [1.807, 2.05) is 36.4 Å². The summed E-state index contributed by atoms with van der Waals surface area (Å²) in [6.07, 6.45) is 10.00. The maximum Gasteiger partial charge on any atom is 0.137 e. The van der Waals surface area contributed by atoms with Crippen molar-refractivity contribution in [1.82, 2.24) is 44.4 Å². The molecule has 0 fully saturated rings. The van der Waals surface area contributed by atoms with Crippen molar-refractivity contribution in [3.63, 3.8) is 0 Å². The van der Waals surface area contributed by atoms with Crippen LogP contribution in [0.2, 0.25) is 0 Å². The zero-order chi connectivity index (χ0) is 18.5. The first-order valence-electron chi connectivity index (χ1n) is 8.50. The molecule has 0 amide bonds. The van der Waals surface area contributed by atoms with Crippen molar-refractivity contribution in [1.29, 1.82) is 0 Å². The van der Waals surface area contributed by atoms with E-state index in [0.29, 0.717) is 13.3 Å². The van der Waals surface area contributed by atoms with Gasteiger partial charge in [-0.1, -0.05) is 12.1 Å². The van der Waals surface area contributed by atoms with Crippen LogP contribution in [0.4, 0.5) is 0 Å². The lowest BCUT2D eigenvalue weighted by Gasteiger charge is -2.40. The number of aromatic nitrogens is 8. The van der Waals surface area contributed by atoms with Crippen molar-refractivity contribution in [2.75, 3.05) is 0 Å². The Morgan fingerprint density at radius 3 is 1.70 bits per heavy atom. The standard InChI is InChI=1S/C18H19N9/c1-18(16-6-2-4-8-21-16,17-7-3-5-9-22-17)25(14-26-12-19-10-23-26)15-27-13-20-11-24-27/h2-13H,14-15H2,1H3. The lowest BCUT2D eigenvalue weighted by atomic mass is 9.90. The first-order chi connectivity index (χ1) is 13.3. The van der Waals surface area contributed by atoms with Crippen LogP contribution in [0.3, 0.4) is 0 Å². The fourth-order valence-corrected chi connectivity index (χ4v) is 3.05. The Morgan fingerprint density at radius 2 is 1.33 bits per heavy atom. The number of hydrogen-bond acceptors (Lipinski definition) is 7. The van der Waals surface area contributed by atoms with Crippen LogP contribution in [0.25, 0.3) is 0 Å². The van der Waals surface area contributed by atoms with Gasteiger partial charge in [0.25, 0.3) is 0 Å². The third kappa shape index (κ3) is 3.44. The summed E-state index contributed by atoms with van der Waals surface area (Å²) in [6, 6.07) is 11.8. The van der Waals surface area contributed by atoms with Crippen molar-refractivity contribution in [3.05, 3.63) is 85.5 Å². The van der Waals surface area contributed by atoms with Gasteiger partial charge in [-0.2, -0.15) is 10.2 Å². The van der Waals surface area contributed by atoms with Crippen LogP contribution in [-0.2, 0) is 18.9 Å². The molecule has 0 N–H and O–H groups in total. The lowest BCUT2D eigenvalue weighted by Crippen LogP contribution is -2.47. The molecule has 0 spiro atoms. The fraction of sp³-hybridized carbons (Fsp3) is 0.222. The molecule has 9 nitrogen and oxygen atoms in total. The van der Waals surface area contributed by atoms with Crippen LogP contribution in [0, 0.1) is 0 Å². The Labute approximate surface area is 156 Å². The molecule has 0 aromatic carbocycles.